The van der Waals surface area contributed by atoms with E-state index in [1.807, 2.05) is 11.3 Å². The van der Waals surface area contributed by atoms with Crippen LogP contribution in [-0.4, -0.2) is 6.04 Å². The van der Waals surface area contributed by atoms with Gasteiger partial charge in [0.25, 0.3) is 0 Å². The predicted molar refractivity (Wildman–Crippen MR) is 78.2 cm³/mol. The molecule has 3 rings (SSSR count). The first kappa shape index (κ1) is 11.9. The lowest BCUT2D eigenvalue weighted by molar-refractivity contribution is 0.536. The normalized spacial score (nSPS) is 14.9. The van der Waals surface area contributed by atoms with Gasteiger partial charge < -0.3 is 5.32 Å². The molecule has 0 radical (unpaired) electrons. The molecule has 94 valence electrons. The molecule has 2 heteroatoms. The standard InChI is InChI=1S/C16H19NS/c1-2-15-7-8-16(18-15)11-17-14-9-12-5-3-4-6-13(12)10-14/h3-8,14,17H,2,9-11H2,1H3. The van der Waals surface area contributed by atoms with Gasteiger partial charge in [0.15, 0.2) is 0 Å². The van der Waals surface area contributed by atoms with Crippen LogP contribution >= 0.6 is 11.3 Å². The average molecular weight is 257 g/mol. The Kier molecular flexibility index (Phi) is 3.48. The lowest BCUT2D eigenvalue weighted by atomic mass is 10.1. The lowest BCUT2D eigenvalue weighted by Crippen LogP contribution is -2.28. The summed E-state index contributed by atoms with van der Waals surface area (Å²) in [5.41, 5.74) is 3.05. The molecular formula is C16H19NS. The molecule has 0 fully saturated rings. The second kappa shape index (κ2) is 5.25. The van der Waals surface area contributed by atoms with Crippen LogP contribution in [0.5, 0.6) is 0 Å². The first-order valence-corrected chi connectivity index (χ1v) is 7.54. The fraction of sp³-hybridized carbons (Fsp3) is 0.375. The van der Waals surface area contributed by atoms with Crippen LogP contribution in [-0.2, 0) is 25.8 Å². The van der Waals surface area contributed by atoms with E-state index in [0.717, 1.165) is 13.0 Å². The summed E-state index contributed by atoms with van der Waals surface area (Å²) in [6.45, 7) is 3.24. The summed E-state index contributed by atoms with van der Waals surface area (Å²) in [7, 11) is 0. The zero-order chi connectivity index (χ0) is 12.4. The third kappa shape index (κ3) is 2.50. The highest BCUT2D eigenvalue weighted by molar-refractivity contribution is 7.11. The van der Waals surface area contributed by atoms with Crippen LogP contribution in [0.4, 0.5) is 0 Å². The van der Waals surface area contributed by atoms with E-state index < -0.39 is 0 Å². The monoisotopic (exact) mass is 257 g/mol. The van der Waals surface area contributed by atoms with E-state index >= 15 is 0 Å². The minimum absolute atomic E-state index is 0.620. The maximum absolute atomic E-state index is 3.69. The molecule has 0 aliphatic heterocycles. The summed E-state index contributed by atoms with van der Waals surface area (Å²) < 4.78 is 0. The van der Waals surface area contributed by atoms with Crippen LogP contribution in [0, 0.1) is 0 Å². The molecule has 1 aliphatic carbocycles. The maximum Gasteiger partial charge on any atom is 0.0302 e. The fourth-order valence-electron chi connectivity index (χ4n) is 2.66. The SMILES string of the molecule is CCc1ccc(CNC2Cc3ccccc3C2)s1. The van der Waals surface area contributed by atoms with Gasteiger partial charge in [-0.2, -0.15) is 0 Å². The van der Waals surface area contributed by atoms with Gasteiger partial charge in [0.05, 0.1) is 0 Å². The number of fused-ring (bicyclic) bond motifs is 1. The Balaban J connectivity index is 1.57. The lowest BCUT2D eigenvalue weighted by Gasteiger charge is -2.10. The molecule has 0 spiro atoms. The van der Waals surface area contributed by atoms with Crippen molar-refractivity contribution in [3.05, 3.63) is 57.3 Å². The number of hydrogen-bond donors (Lipinski definition) is 1. The van der Waals surface area contributed by atoms with Crippen LogP contribution in [0.2, 0.25) is 0 Å². The number of aryl methyl sites for hydroxylation is 1. The third-order valence-corrected chi connectivity index (χ3v) is 4.91. The summed E-state index contributed by atoms with van der Waals surface area (Å²) in [6.07, 6.45) is 3.52. The molecule has 0 amide bonds. The highest BCUT2D eigenvalue weighted by Crippen LogP contribution is 2.23. The Labute approximate surface area is 113 Å². The molecule has 0 bridgehead atoms. The average Bonchev–Trinajstić information content (AvgIpc) is 3.02. The smallest absolute Gasteiger partial charge is 0.0302 e. The van der Waals surface area contributed by atoms with E-state index in [1.54, 1.807) is 0 Å². The fourth-order valence-corrected chi connectivity index (χ4v) is 3.56. The molecule has 18 heavy (non-hydrogen) atoms. The van der Waals surface area contributed by atoms with Crippen LogP contribution in [0.3, 0.4) is 0 Å². The topological polar surface area (TPSA) is 12.0 Å². The Morgan fingerprint density at radius 2 is 1.72 bits per heavy atom. The van der Waals surface area contributed by atoms with Crippen LogP contribution in [0.25, 0.3) is 0 Å². The minimum atomic E-state index is 0.620. The van der Waals surface area contributed by atoms with Crippen LogP contribution in [0.1, 0.15) is 27.8 Å². The molecule has 1 aromatic carbocycles. The Hall–Kier alpha value is -1.12. The quantitative estimate of drug-likeness (QED) is 0.883. The summed E-state index contributed by atoms with van der Waals surface area (Å²) in [5.74, 6) is 0. The number of nitrogens with one attached hydrogen (secondary N) is 1. The number of rotatable bonds is 4. The van der Waals surface area contributed by atoms with Crippen molar-refractivity contribution < 1.29 is 0 Å². The van der Waals surface area contributed by atoms with Crippen molar-refractivity contribution in [1.29, 1.82) is 0 Å². The molecule has 0 saturated heterocycles. The van der Waals surface area contributed by atoms with E-state index in [0.29, 0.717) is 6.04 Å². The zero-order valence-corrected chi connectivity index (χ0v) is 11.6. The summed E-state index contributed by atoms with van der Waals surface area (Å²) >= 11 is 1.94. The Bertz CT molecular complexity index is 504. The minimum Gasteiger partial charge on any atom is -0.308 e. The van der Waals surface area contributed by atoms with Gasteiger partial charge in [0.1, 0.15) is 0 Å². The van der Waals surface area contributed by atoms with Crippen molar-refractivity contribution in [3.8, 4) is 0 Å². The molecule has 0 atom stereocenters. The Morgan fingerprint density at radius 1 is 1.06 bits per heavy atom. The van der Waals surface area contributed by atoms with Gasteiger partial charge in [-0.25, -0.2) is 0 Å². The van der Waals surface area contributed by atoms with Crippen molar-refractivity contribution in [2.24, 2.45) is 0 Å². The molecule has 1 aliphatic rings. The van der Waals surface area contributed by atoms with Gasteiger partial charge in [-0.15, -0.1) is 11.3 Å². The van der Waals surface area contributed by atoms with Crippen molar-refractivity contribution in [3.63, 3.8) is 0 Å². The van der Waals surface area contributed by atoms with Crippen LogP contribution < -0.4 is 5.32 Å². The molecular weight excluding hydrogens is 238 g/mol. The molecule has 1 N–H and O–H groups in total. The first-order chi connectivity index (χ1) is 8.85. The maximum atomic E-state index is 3.69. The van der Waals surface area contributed by atoms with E-state index in [4.69, 9.17) is 0 Å². The van der Waals surface area contributed by atoms with E-state index in [1.165, 1.54) is 33.7 Å². The van der Waals surface area contributed by atoms with Gasteiger partial charge in [0.2, 0.25) is 0 Å². The predicted octanol–water partition coefficient (Wildman–Crippen LogP) is 3.57. The van der Waals surface area contributed by atoms with Gasteiger partial charge >= 0.3 is 0 Å². The van der Waals surface area contributed by atoms with Crippen molar-refractivity contribution in [2.45, 2.75) is 38.8 Å². The highest BCUT2D eigenvalue weighted by atomic mass is 32.1. The van der Waals surface area contributed by atoms with Gasteiger partial charge in [-0.1, -0.05) is 31.2 Å². The summed E-state index contributed by atoms with van der Waals surface area (Å²) in [4.78, 5) is 2.95. The van der Waals surface area contributed by atoms with Crippen molar-refractivity contribution >= 4 is 11.3 Å². The zero-order valence-electron chi connectivity index (χ0n) is 10.8. The van der Waals surface area contributed by atoms with Crippen LogP contribution in [0.15, 0.2) is 36.4 Å². The second-order valence-electron chi connectivity index (χ2n) is 4.98. The van der Waals surface area contributed by atoms with E-state index in [9.17, 15) is 0 Å². The van der Waals surface area contributed by atoms with Gasteiger partial charge in [-0.3, -0.25) is 0 Å². The molecule has 0 unspecified atom stereocenters. The third-order valence-electron chi connectivity index (χ3n) is 3.68. The molecule has 1 aromatic heterocycles. The largest absolute Gasteiger partial charge is 0.308 e. The summed E-state index contributed by atoms with van der Waals surface area (Å²) in [6, 6.07) is 14.0. The van der Waals surface area contributed by atoms with Crippen molar-refractivity contribution in [1.82, 2.24) is 5.32 Å². The molecule has 2 aromatic rings. The summed E-state index contributed by atoms with van der Waals surface area (Å²) in [5, 5.41) is 3.69. The number of thiophene rings is 1. The number of hydrogen-bond acceptors (Lipinski definition) is 2. The van der Waals surface area contributed by atoms with E-state index in [-0.39, 0.29) is 0 Å². The number of benzene rings is 1. The van der Waals surface area contributed by atoms with E-state index in [2.05, 4.69) is 48.6 Å². The molecule has 0 saturated carbocycles. The molecule has 1 nitrogen and oxygen atoms in total. The Morgan fingerprint density at radius 3 is 2.33 bits per heavy atom. The van der Waals surface area contributed by atoms with Crippen molar-refractivity contribution in [2.75, 3.05) is 0 Å². The highest BCUT2D eigenvalue weighted by Gasteiger charge is 2.20. The van der Waals surface area contributed by atoms with Gasteiger partial charge in [-0.05, 0) is 42.5 Å². The first-order valence-electron chi connectivity index (χ1n) is 6.73. The molecule has 1 heterocycles. The van der Waals surface area contributed by atoms with Gasteiger partial charge in [0, 0.05) is 22.3 Å². The second-order valence-corrected chi connectivity index (χ2v) is 6.23.